The maximum Gasteiger partial charge on any atom is 0.238 e. The quantitative estimate of drug-likeness (QED) is 0.518. The molecule has 2 N–H and O–H groups in total. The molecule has 136 valence electrons. The SMILES string of the molecule is CCCCCCCNCC(=O)Nc1cccc(OCCC(C)C)c1. The maximum atomic E-state index is 11.9. The molecule has 4 heteroatoms. The highest BCUT2D eigenvalue weighted by Gasteiger charge is 2.03. The predicted octanol–water partition coefficient (Wildman–Crippen LogP) is 4.61. The molecule has 1 amide bonds. The van der Waals surface area contributed by atoms with Crippen LogP contribution in [0.25, 0.3) is 0 Å². The standard InChI is InChI=1S/C20H34N2O2/c1-4-5-6-7-8-13-21-16-20(23)22-18-10-9-11-19(15-18)24-14-12-17(2)3/h9-11,15,17,21H,4-8,12-14,16H2,1-3H3,(H,22,23). The number of amides is 1. The largest absolute Gasteiger partial charge is 0.494 e. The molecule has 0 saturated carbocycles. The minimum Gasteiger partial charge on any atom is -0.494 e. The van der Waals surface area contributed by atoms with Crippen molar-refractivity contribution in [1.29, 1.82) is 0 Å². The molecule has 24 heavy (non-hydrogen) atoms. The van der Waals surface area contributed by atoms with Crippen LogP contribution >= 0.6 is 0 Å². The number of hydrogen-bond acceptors (Lipinski definition) is 3. The van der Waals surface area contributed by atoms with Crippen molar-refractivity contribution in [3.8, 4) is 5.75 Å². The van der Waals surface area contributed by atoms with E-state index in [-0.39, 0.29) is 5.91 Å². The van der Waals surface area contributed by atoms with E-state index in [1.807, 2.05) is 24.3 Å². The molecule has 0 aliphatic carbocycles. The zero-order valence-electron chi connectivity index (χ0n) is 15.6. The third-order valence-electron chi connectivity index (χ3n) is 3.82. The van der Waals surface area contributed by atoms with Gasteiger partial charge in [0.05, 0.1) is 13.2 Å². The molecular formula is C20H34N2O2. The molecule has 0 saturated heterocycles. The smallest absolute Gasteiger partial charge is 0.238 e. The molecule has 1 rings (SSSR count). The van der Waals surface area contributed by atoms with E-state index in [4.69, 9.17) is 4.74 Å². The Morgan fingerprint density at radius 2 is 1.96 bits per heavy atom. The van der Waals surface area contributed by atoms with Gasteiger partial charge in [0.2, 0.25) is 5.91 Å². The van der Waals surface area contributed by atoms with Gasteiger partial charge in [-0.15, -0.1) is 0 Å². The number of unbranched alkanes of at least 4 members (excludes halogenated alkanes) is 4. The molecule has 0 heterocycles. The summed E-state index contributed by atoms with van der Waals surface area (Å²) < 4.78 is 5.72. The number of benzene rings is 1. The van der Waals surface area contributed by atoms with Crippen molar-refractivity contribution in [2.45, 2.75) is 59.3 Å². The highest BCUT2D eigenvalue weighted by atomic mass is 16.5. The van der Waals surface area contributed by atoms with Gasteiger partial charge in [-0.3, -0.25) is 4.79 Å². The van der Waals surface area contributed by atoms with Crippen molar-refractivity contribution in [3.05, 3.63) is 24.3 Å². The minimum atomic E-state index is -0.0112. The lowest BCUT2D eigenvalue weighted by molar-refractivity contribution is -0.115. The number of nitrogens with one attached hydrogen (secondary N) is 2. The van der Waals surface area contributed by atoms with E-state index in [1.165, 1.54) is 25.7 Å². The number of rotatable bonds is 13. The Balaban J connectivity index is 2.21. The third-order valence-corrected chi connectivity index (χ3v) is 3.82. The second-order valence-electron chi connectivity index (χ2n) is 6.70. The molecule has 0 spiro atoms. The average molecular weight is 335 g/mol. The lowest BCUT2D eigenvalue weighted by Gasteiger charge is -2.10. The van der Waals surface area contributed by atoms with Crippen molar-refractivity contribution in [3.63, 3.8) is 0 Å². The van der Waals surface area contributed by atoms with Crippen molar-refractivity contribution in [2.75, 3.05) is 25.0 Å². The second-order valence-corrected chi connectivity index (χ2v) is 6.70. The molecule has 0 fully saturated rings. The lowest BCUT2D eigenvalue weighted by Crippen LogP contribution is -2.28. The van der Waals surface area contributed by atoms with E-state index in [0.29, 0.717) is 19.1 Å². The first-order valence-corrected chi connectivity index (χ1v) is 9.35. The predicted molar refractivity (Wildman–Crippen MR) is 102 cm³/mol. The molecule has 1 aromatic rings. The zero-order valence-corrected chi connectivity index (χ0v) is 15.6. The molecule has 0 atom stereocenters. The third kappa shape index (κ3) is 10.3. The van der Waals surface area contributed by atoms with Crippen LogP contribution in [0.4, 0.5) is 5.69 Å². The summed E-state index contributed by atoms with van der Waals surface area (Å²) in [5.41, 5.74) is 0.784. The first kappa shape index (κ1) is 20.5. The summed E-state index contributed by atoms with van der Waals surface area (Å²) in [6.07, 6.45) is 7.24. The van der Waals surface area contributed by atoms with Crippen LogP contribution in [0.3, 0.4) is 0 Å². The number of carbonyl (C=O) groups is 1. The normalized spacial score (nSPS) is 10.8. The molecular weight excluding hydrogens is 300 g/mol. The van der Waals surface area contributed by atoms with Crippen LogP contribution < -0.4 is 15.4 Å². The van der Waals surface area contributed by atoms with E-state index in [2.05, 4.69) is 31.4 Å². The first-order chi connectivity index (χ1) is 11.6. The van der Waals surface area contributed by atoms with E-state index in [9.17, 15) is 4.79 Å². The number of anilines is 1. The average Bonchev–Trinajstić information content (AvgIpc) is 2.54. The monoisotopic (exact) mass is 334 g/mol. The van der Waals surface area contributed by atoms with Crippen molar-refractivity contribution >= 4 is 11.6 Å². The molecule has 0 bridgehead atoms. The second kappa shape index (κ2) is 12.8. The van der Waals surface area contributed by atoms with Crippen LogP contribution in [-0.4, -0.2) is 25.6 Å². The first-order valence-electron chi connectivity index (χ1n) is 9.35. The van der Waals surface area contributed by atoms with Crippen LogP contribution in [0.5, 0.6) is 5.75 Å². The summed E-state index contributed by atoms with van der Waals surface area (Å²) in [7, 11) is 0. The van der Waals surface area contributed by atoms with Gasteiger partial charge < -0.3 is 15.4 Å². The van der Waals surface area contributed by atoms with Gasteiger partial charge in [0.15, 0.2) is 0 Å². The van der Waals surface area contributed by atoms with Gasteiger partial charge in [-0.05, 0) is 37.4 Å². The molecule has 0 aromatic heterocycles. The van der Waals surface area contributed by atoms with E-state index in [0.717, 1.165) is 30.8 Å². The van der Waals surface area contributed by atoms with Crippen LogP contribution in [0, 0.1) is 5.92 Å². The Kier molecular flexibility index (Phi) is 10.9. The Labute approximate surface area is 147 Å². The van der Waals surface area contributed by atoms with Gasteiger partial charge in [-0.2, -0.15) is 0 Å². The van der Waals surface area contributed by atoms with Crippen LogP contribution in [-0.2, 0) is 4.79 Å². The van der Waals surface area contributed by atoms with Crippen molar-refractivity contribution < 1.29 is 9.53 Å². The van der Waals surface area contributed by atoms with Crippen LogP contribution in [0.15, 0.2) is 24.3 Å². The fourth-order valence-electron chi connectivity index (χ4n) is 2.34. The van der Waals surface area contributed by atoms with Gasteiger partial charge >= 0.3 is 0 Å². The fourth-order valence-corrected chi connectivity index (χ4v) is 2.34. The van der Waals surface area contributed by atoms with Gasteiger partial charge in [-0.25, -0.2) is 0 Å². The highest BCUT2D eigenvalue weighted by molar-refractivity contribution is 5.92. The fraction of sp³-hybridized carbons (Fsp3) is 0.650. The Morgan fingerprint density at radius 1 is 1.17 bits per heavy atom. The summed E-state index contributed by atoms with van der Waals surface area (Å²) >= 11 is 0. The summed E-state index contributed by atoms with van der Waals surface area (Å²) in [6.45, 7) is 8.52. The number of hydrogen-bond donors (Lipinski definition) is 2. The van der Waals surface area contributed by atoms with Crippen molar-refractivity contribution in [1.82, 2.24) is 5.32 Å². The van der Waals surface area contributed by atoms with Crippen molar-refractivity contribution in [2.24, 2.45) is 5.92 Å². The lowest BCUT2D eigenvalue weighted by atomic mass is 10.1. The molecule has 0 aliphatic rings. The topological polar surface area (TPSA) is 50.4 Å². The summed E-state index contributed by atoms with van der Waals surface area (Å²) in [6, 6.07) is 7.59. The number of ether oxygens (including phenoxy) is 1. The van der Waals surface area contributed by atoms with Crippen LogP contribution in [0.1, 0.15) is 59.3 Å². The van der Waals surface area contributed by atoms with Gasteiger partial charge in [0.1, 0.15) is 5.75 Å². The van der Waals surface area contributed by atoms with E-state index >= 15 is 0 Å². The Hall–Kier alpha value is -1.55. The minimum absolute atomic E-state index is 0.0112. The Morgan fingerprint density at radius 3 is 2.71 bits per heavy atom. The van der Waals surface area contributed by atoms with E-state index < -0.39 is 0 Å². The summed E-state index contributed by atoms with van der Waals surface area (Å²) in [4.78, 5) is 11.9. The highest BCUT2D eigenvalue weighted by Crippen LogP contribution is 2.18. The Bertz CT molecular complexity index is 461. The molecule has 0 aliphatic heterocycles. The van der Waals surface area contributed by atoms with Gasteiger partial charge in [0, 0.05) is 11.8 Å². The summed E-state index contributed by atoms with van der Waals surface area (Å²) in [5.74, 6) is 1.42. The summed E-state index contributed by atoms with van der Waals surface area (Å²) in [5, 5.41) is 6.11. The molecule has 0 unspecified atom stereocenters. The molecule has 4 nitrogen and oxygen atoms in total. The maximum absolute atomic E-state index is 11.9. The van der Waals surface area contributed by atoms with Gasteiger partial charge in [-0.1, -0.05) is 52.5 Å². The zero-order chi connectivity index (χ0) is 17.6. The van der Waals surface area contributed by atoms with Gasteiger partial charge in [0.25, 0.3) is 0 Å². The molecule has 1 aromatic carbocycles. The van der Waals surface area contributed by atoms with E-state index in [1.54, 1.807) is 0 Å². The number of carbonyl (C=O) groups excluding carboxylic acids is 1. The van der Waals surface area contributed by atoms with Crippen LogP contribution in [0.2, 0.25) is 0 Å². The molecule has 0 radical (unpaired) electrons.